The van der Waals surface area contributed by atoms with E-state index in [1.165, 1.54) is 6.07 Å². The molecule has 0 bridgehead atoms. The monoisotopic (exact) mass is 429 g/mol. The van der Waals surface area contributed by atoms with Crippen LogP contribution < -0.4 is 10.5 Å². The van der Waals surface area contributed by atoms with E-state index in [0.29, 0.717) is 44.0 Å². The highest BCUT2D eigenvalue weighted by Gasteiger charge is 2.27. The van der Waals surface area contributed by atoms with Gasteiger partial charge in [0, 0.05) is 55.9 Å². The summed E-state index contributed by atoms with van der Waals surface area (Å²) in [6.07, 6.45) is -0.318. The number of nitrogens with zero attached hydrogens (tertiary/aromatic N) is 3. The van der Waals surface area contributed by atoms with Crippen molar-refractivity contribution in [1.29, 1.82) is 0 Å². The van der Waals surface area contributed by atoms with Gasteiger partial charge in [0.2, 0.25) is 5.91 Å². The van der Waals surface area contributed by atoms with E-state index in [0.717, 1.165) is 10.9 Å². The number of anilines is 1. The second-order valence-corrected chi connectivity index (χ2v) is 8.81. The lowest BCUT2D eigenvalue weighted by atomic mass is 10.1. The van der Waals surface area contributed by atoms with Crippen LogP contribution in [0.4, 0.5) is 10.5 Å². The first-order valence-corrected chi connectivity index (χ1v) is 10.6. The molecule has 1 aromatic heterocycles. The average molecular weight is 430 g/mol. The van der Waals surface area contributed by atoms with Gasteiger partial charge in [-0.15, -0.1) is 0 Å². The minimum atomic E-state index is -0.524. The van der Waals surface area contributed by atoms with Crippen LogP contribution in [0.3, 0.4) is 0 Å². The molecule has 0 radical (unpaired) electrons. The SMILES string of the molecule is CCN(C(=O)CN1CCN(C(=O)OC(C)(C)C)CC1)c1ccc2c(C)cc(=O)oc2c1. The molecule has 1 aliphatic heterocycles. The fourth-order valence-electron chi connectivity index (χ4n) is 3.68. The van der Waals surface area contributed by atoms with Gasteiger partial charge in [0.05, 0.1) is 6.54 Å². The predicted octanol–water partition coefficient (Wildman–Crippen LogP) is 3.01. The van der Waals surface area contributed by atoms with Gasteiger partial charge >= 0.3 is 11.7 Å². The maximum Gasteiger partial charge on any atom is 0.410 e. The third-order valence-electron chi connectivity index (χ3n) is 5.25. The highest BCUT2D eigenvalue weighted by molar-refractivity contribution is 5.96. The van der Waals surface area contributed by atoms with Gasteiger partial charge < -0.3 is 19.0 Å². The van der Waals surface area contributed by atoms with E-state index in [2.05, 4.69) is 0 Å². The van der Waals surface area contributed by atoms with E-state index < -0.39 is 11.2 Å². The van der Waals surface area contributed by atoms with Gasteiger partial charge in [-0.3, -0.25) is 9.69 Å². The molecule has 1 aliphatic rings. The van der Waals surface area contributed by atoms with Gasteiger partial charge in [0.15, 0.2) is 0 Å². The molecule has 0 spiro atoms. The number of carbonyl (C=O) groups excluding carboxylic acids is 2. The zero-order chi connectivity index (χ0) is 22.8. The Kier molecular flexibility index (Phi) is 6.69. The number of fused-ring (bicyclic) bond motifs is 1. The Labute approximate surface area is 182 Å². The molecule has 1 aromatic carbocycles. The molecule has 1 fully saturated rings. The van der Waals surface area contributed by atoms with Crippen LogP contribution in [0.5, 0.6) is 0 Å². The van der Waals surface area contributed by atoms with E-state index in [1.807, 2.05) is 51.7 Å². The Morgan fingerprint density at radius 1 is 1.13 bits per heavy atom. The summed E-state index contributed by atoms with van der Waals surface area (Å²) in [5, 5.41) is 0.852. The number of hydrogen-bond donors (Lipinski definition) is 0. The van der Waals surface area contributed by atoms with Crippen LogP contribution in [-0.2, 0) is 9.53 Å². The van der Waals surface area contributed by atoms with Gasteiger partial charge in [0.25, 0.3) is 0 Å². The second kappa shape index (κ2) is 9.09. The van der Waals surface area contributed by atoms with Crippen molar-refractivity contribution >= 4 is 28.7 Å². The number of benzene rings is 1. The third kappa shape index (κ3) is 5.64. The quantitative estimate of drug-likeness (QED) is 0.695. The molecule has 2 aromatic rings. The summed E-state index contributed by atoms with van der Waals surface area (Å²) in [6, 6.07) is 6.95. The Morgan fingerprint density at radius 2 is 1.81 bits per heavy atom. The van der Waals surface area contributed by atoms with Crippen molar-refractivity contribution in [2.45, 2.75) is 40.2 Å². The number of likely N-dealkylation sites (N-methyl/N-ethyl adjacent to an activating group) is 1. The van der Waals surface area contributed by atoms with Crippen LogP contribution in [0, 0.1) is 6.92 Å². The van der Waals surface area contributed by atoms with Crippen LogP contribution in [-0.4, -0.2) is 66.7 Å². The van der Waals surface area contributed by atoms with Crippen LogP contribution in [0.1, 0.15) is 33.3 Å². The molecule has 168 valence electrons. The Balaban J connectivity index is 1.64. The first-order chi connectivity index (χ1) is 14.6. The highest BCUT2D eigenvalue weighted by Crippen LogP contribution is 2.24. The normalized spacial score (nSPS) is 15.2. The van der Waals surface area contributed by atoms with E-state index in [1.54, 1.807) is 15.9 Å². The lowest BCUT2D eigenvalue weighted by Gasteiger charge is -2.36. The second-order valence-electron chi connectivity index (χ2n) is 8.81. The third-order valence-corrected chi connectivity index (χ3v) is 5.25. The molecular weight excluding hydrogens is 398 g/mol. The molecule has 0 saturated carbocycles. The fraction of sp³-hybridized carbons (Fsp3) is 0.522. The first-order valence-electron chi connectivity index (χ1n) is 10.6. The number of aryl methyl sites for hydroxylation is 1. The summed E-state index contributed by atoms with van der Waals surface area (Å²) in [7, 11) is 0. The maximum atomic E-state index is 13.0. The van der Waals surface area contributed by atoms with E-state index in [-0.39, 0.29) is 18.5 Å². The summed E-state index contributed by atoms with van der Waals surface area (Å²) < 4.78 is 10.7. The van der Waals surface area contributed by atoms with Gasteiger partial charge in [0.1, 0.15) is 11.2 Å². The minimum Gasteiger partial charge on any atom is -0.444 e. The van der Waals surface area contributed by atoms with E-state index in [9.17, 15) is 14.4 Å². The number of rotatable bonds is 4. The van der Waals surface area contributed by atoms with Gasteiger partial charge in [-0.1, -0.05) is 0 Å². The van der Waals surface area contributed by atoms with Crippen molar-refractivity contribution in [2.75, 3.05) is 44.2 Å². The highest BCUT2D eigenvalue weighted by atomic mass is 16.6. The molecular formula is C23H31N3O5. The largest absolute Gasteiger partial charge is 0.444 e. The number of carbonyl (C=O) groups is 2. The van der Waals surface area contributed by atoms with Crippen LogP contribution >= 0.6 is 0 Å². The van der Waals surface area contributed by atoms with Gasteiger partial charge in [-0.05, 0) is 52.3 Å². The molecule has 2 heterocycles. The zero-order valence-corrected chi connectivity index (χ0v) is 18.9. The standard InChI is InChI=1S/C23H31N3O5/c1-6-26(17-7-8-18-16(2)13-21(28)30-19(18)14-17)20(27)15-24-9-11-25(12-10-24)22(29)31-23(3,4)5/h7-8,13-14H,6,9-12,15H2,1-5H3. The molecule has 2 amide bonds. The first kappa shape index (κ1) is 22.8. The van der Waals surface area contributed by atoms with E-state index >= 15 is 0 Å². The van der Waals surface area contributed by atoms with Gasteiger partial charge in [-0.2, -0.15) is 0 Å². The summed E-state index contributed by atoms with van der Waals surface area (Å²) in [5.74, 6) is -0.0393. The predicted molar refractivity (Wildman–Crippen MR) is 119 cm³/mol. The summed E-state index contributed by atoms with van der Waals surface area (Å²) in [6.45, 7) is 12.3. The molecule has 8 heteroatoms. The Bertz CT molecular complexity index is 1020. The number of piperazine rings is 1. The lowest BCUT2D eigenvalue weighted by molar-refractivity contribution is -0.120. The number of hydrogen-bond acceptors (Lipinski definition) is 6. The maximum absolute atomic E-state index is 13.0. The summed E-state index contributed by atoms with van der Waals surface area (Å²) >= 11 is 0. The Morgan fingerprint density at radius 3 is 2.42 bits per heavy atom. The molecule has 0 atom stereocenters. The number of ether oxygens (including phenoxy) is 1. The summed E-state index contributed by atoms with van der Waals surface area (Å²) in [5.41, 5.74) is 1.08. The van der Waals surface area contributed by atoms with Crippen molar-refractivity contribution in [3.8, 4) is 0 Å². The van der Waals surface area contributed by atoms with Crippen molar-refractivity contribution in [2.24, 2.45) is 0 Å². The van der Waals surface area contributed by atoms with Crippen LogP contribution in [0.2, 0.25) is 0 Å². The van der Waals surface area contributed by atoms with Crippen LogP contribution in [0.25, 0.3) is 11.0 Å². The fourth-order valence-corrected chi connectivity index (χ4v) is 3.68. The van der Waals surface area contributed by atoms with Crippen molar-refractivity contribution in [1.82, 2.24) is 9.80 Å². The molecule has 8 nitrogen and oxygen atoms in total. The molecule has 31 heavy (non-hydrogen) atoms. The molecule has 0 N–H and O–H groups in total. The topological polar surface area (TPSA) is 83.3 Å². The van der Waals surface area contributed by atoms with Crippen molar-refractivity contribution in [3.05, 3.63) is 40.2 Å². The lowest BCUT2D eigenvalue weighted by Crippen LogP contribution is -2.52. The number of amides is 2. The zero-order valence-electron chi connectivity index (χ0n) is 18.9. The smallest absolute Gasteiger partial charge is 0.410 e. The average Bonchev–Trinajstić information content (AvgIpc) is 2.67. The van der Waals surface area contributed by atoms with Crippen LogP contribution in [0.15, 0.2) is 33.5 Å². The minimum absolute atomic E-state index is 0.0393. The Hall–Kier alpha value is -2.87. The van der Waals surface area contributed by atoms with Gasteiger partial charge in [-0.25, -0.2) is 9.59 Å². The molecule has 3 rings (SSSR count). The molecule has 0 unspecified atom stereocenters. The molecule has 1 saturated heterocycles. The van der Waals surface area contributed by atoms with Crippen molar-refractivity contribution < 1.29 is 18.7 Å². The van der Waals surface area contributed by atoms with Crippen molar-refractivity contribution in [3.63, 3.8) is 0 Å². The summed E-state index contributed by atoms with van der Waals surface area (Å²) in [4.78, 5) is 42.3. The van der Waals surface area contributed by atoms with E-state index in [4.69, 9.17) is 9.15 Å². The molecule has 0 aliphatic carbocycles.